The highest BCUT2D eigenvalue weighted by molar-refractivity contribution is 5.98. The highest BCUT2D eigenvalue weighted by atomic mass is 16.3. The van der Waals surface area contributed by atoms with Crippen LogP contribution in [0.25, 0.3) is 45.1 Å². The van der Waals surface area contributed by atoms with Crippen LogP contribution in [0, 0.1) is 0 Å². The number of hydrogen-bond acceptors (Lipinski definition) is 6. The monoisotopic (exact) mass is 408 g/mol. The Kier molecular flexibility index (Phi) is 3.97. The van der Waals surface area contributed by atoms with Crippen LogP contribution in [0.2, 0.25) is 0 Å². The summed E-state index contributed by atoms with van der Waals surface area (Å²) in [7, 11) is 0. The number of furan rings is 1. The second-order valence-electron chi connectivity index (χ2n) is 8.02. The minimum absolute atomic E-state index is 0.190. The second-order valence-corrected chi connectivity index (χ2v) is 8.02. The number of nitrogens with one attached hydrogen (secondary N) is 1. The van der Waals surface area contributed by atoms with Crippen molar-refractivity contribution >= 4 is 11.2 Å². The van der Waals surface area contributed by atoms with E-state index in [2.05, 4.69) is 56.8 Å². The predicted molar refractivity (Wildman–Crippen MR) is 118 cm³/mol. The van der Waals surface area contributed by atoms with E-state index in [1.807, 2.05) is 18.2 Å². The van der Waals surface area contributed by atoms with Crippen molar-refractivity contribution in [3.8, 4) is 33.8 Å². The van der Waals surface area contributed by atoms with Crippen molar-refractivity contribution in [3.63, 3.8) is 0 Å². The van der Waals surface area contributed by atoms with E-state index in [0.29, 0.717) is 22.6 Å². The normalized spacial score (nSPS) is 15.1. The minimum Gasteiger partial charge on any atom is -0.436 e. The van der Waals surface area contributed by atoms with Gasteiger partial charge in [0.05, 0.1) is 18.0 Å². The first-order valence-electron chi connectivity index (χ1n) is 10.3. The molecule has 1 aliphatic rings. The molecule has 0 bridgehead atoms. The lowest BCUT2D eigenvalue weighted by atomic mass is 9.72. The minimum atomic E-state index is -0.190. The van der Waals surface area contributed by atoms with E-state index in [1.54, 1.807) is 12.4 Å². The Morgan fingerprint density at radius 2 is 1.71 bits per heavy atom. The van der Waals surface area contributed by atoms with Crippen molar-refractivity contribution in [3.05, 3.63) is 72.6 Å². The van der Waals surface area contributed by atoms with Crippen molar-refractivity contribution < 1.29 is 4.42 Å². The van der Waals surface area contributed by atoms with Crippen LogP contribution in [0.3, 0.4) is 0 Å². The number of aromatic nitrogens is 5. The van der Waals surface area contributed by atoms with Crippen LogP contribution in [-0.2, 0) is 5.54 Å². The maximum Gasteiger partial charge on any atom is 0.246 e. The molecule has 2 aromatic carbocycles. The molecule has 31 heavy (non-hydrogen) atoms. The van der Waals surface area contributed by atoms with Crippen molar-refractivity contribution in [2.75, 3.05) is 0 Å². The molecule has 1 saturated carbocycles. The molecule has 6 rings (SSSR count). The molecule has 0 unspecified atom stereocenters. The number of nitrogens with zero attached hydrogens (tertiary/aromatic N) is 4. The van der Waals surface area contributed by atoms with Crippen LogP contribution >= 0.6 is 0 Å². The summed E-state index contributed by atoms with van der Waals surface area (Å²) >= 11 is 0. The quantitative estimate of drug-likeness (QED) is 0.447. The summed E-state index contributed by atoms with van der Waals surface area (Å²) in [6.07, 6.45) is 6.53. The van der Waals surface area contributed by atoms with E-state index in [0.717, 1.165) is 35.3 Å². The molecule has 0 spiro atoms. The number of hydrogen-bond donors (Lipinski definition) is 2. The zero-order valence-corrected chi connectivity index (χ0v) is 16.7. The Hall–Kier alpha value is -3.84. The lowest BCUT2D eigenvalue weighted by molar-refractivity contribution is 0.253. The molecule has 152 valence electrons. The van der Waals surface area contributed by atoms with Gasteiger partial charge in [0.15, 0.2) is 0 Å². The van der Waals surface area contributed by atoms with Crippen molar-refractivity contribution in [2.45, 2.75) is 24.8 Å². The van der Waals surface area contributed by atoms with Gasteiger partial charge in [0.25, 0.3) is 0 Å². The highest BCUT2D eigenvalue weighted by Gasteiger charge is 2.34. The first kappa shape index (κ1) is 18.0. The van der Waals surface area contributed by atoms with Crippen LogP contribution in [0.1, 0.15) is 24.8 Å². The maximum absolute atomic E-state index is 6.50. The van der Waals surface area contributed by atoms with Gasteiger partial charge in [0.1, 0.15) is 22.7 Å². The molecule has 1 fully saturated rings. The zero-order valence-electron chi connectivity index (χ0n) is 16.7. The SMILES string of the molecule is NC1(c2ccc(-c3oc4ncc(-c5cn[nH]n5)nc4c3-c3ccccc3)cc2)CCC1. The number of rotatable bonds is 4. The van der Waals surface area contributed by atoms with Crippen molar-refractivity contribution in [2.24, 2.45) is 5.73 Å². The van der Waals surface area contributed by atoms with Crippen LogP contribution in [0.15, 0.2) is 71.4 Å². The largest absolute Gasteiger partial charge is 0.436 e. The smallest absolute Gasteiger partial charge is 0.246 e. The average Bonchev–Trinajstić information content (AvgIpc) is 3.46. The van der Waals surface area contributed by atoms with Crippen LogP contribution < -0.4 is 5.73 Å². The topological polar surface area (TPSA) is 107 Å². The average molecular weight is 408 g/mol. The Bertz CT molecular complexity index is 1350. The summed E-state index contributed by atoms with van der Waals surface area (Å²) in [6, 6.07) is 18.5. The molecule has 3 N–H and O–H groups in total. The van der Waals surface area contributed by atoms with Gasteiger partial charge in [0.2, 0.25) is 5.71 Å². The molecule has 0 saturated heterocycles. The molecule has 5 aromatic rings. The number of nitrogens with two attached hydrogens (primary N) is 1. The third-order valence-corrected chi connectivity index (χ3v) is 6.11. The van der Waals surface area contributed by atoms with E-state index in [9.17, 15) is 0 Å². The Morgan fingerprint density at radius 1 is 0.903 bits per heavy atom. The molecule has 0 amide bonds. The van der Waals surface area contributed by atoms with Crippen LogP contribution in [0.5, 0.6) is 0 Å². The Morgan fingerprint density at radius 3 is 2.39 bits per heavy atom. The molecule has 3 aromatic heterocycles. The standard InChI is InChI=1S/C24H20N6O/c25-24(11-4-12-24)17-9-7-16(8-10-17)22-20(15-5-2-1-3-6-15)21-23(31-22)26-13-18(28-21)19-14-27-30-29-19/h1-3,5-10,13-14H,4,11-12,25H2,(H,27,29,30). The van der Waals surface area contributed by atoms with Gasteiger partial charge in [-0.1, -0.05) is 54.6 Å². The summed E-state index contributed by atoms with van der Waals surface area (Å²) in [4.78, 5) is 9.34. The van der Waals surface area contributed by atoms with E-state index < -0.39 is 0 Å². The summed E-state index contributed by atoms with van der Waals surface area (Å²) in [5.41, 5.74) is 12.8. The van der Waals surface area contributed by atoms with E-state index in [-0.39, 0.29) is 5.54 Å². The van der Waals surface area contributed by atoms with Crippen molar-refractivity contribution in [1.82, 2.24) is 25.4 Å². The van der Waals surface area contributed by atoms with Crippen LogP contribution in [0.4, 0.5) is 0 Å². The third-order valence-electron chi connectivity index (χ3n) is 6.11. The fourth-order valence-corrected chi connectivity index (χ4v) is 4.20. The number of fused-ring (bicyclic) bond motifs is 1. The zero-order chi connectivity index (χ0) is 20.8. The predicted octanol–water partition coefficient (Wildman–Crippen LogP) is 4.68. The lowest BCUT2D eigenvalue weighted by Crippen LogP contribution is -2.43. The van der Waals surface area contributed by atoms with Gasteiger partial charge in [0, 0.05) is 11.1 Å². The van der Waals surface area contributed by atoms with Gasteiger partial charge in [-0.2, -0.15) is 15.4 Å². The second kappa shape index (κ2) is 6.85. The van der Waals surface area contributed by atoms with Gasteiger partial charge in [-0.15, -0.1) is 0 Å². The number of H-pyrrole nitrogens is 1. The molecule has 3 heterocycles. The molecule has 0 atom stereocenters. The summed E-state index contributed by atoms with van der Waals surface area (Å²) in [5.74, 6) is 0.740. The fourth-order valence-electron chi connectivity index (χ4n) is 4.20. The maximum atomic E-state index is 6.50. The van der Waals surface area contributed by atoms with E-state index in [1.165, 1.54) is 12.0 Å². The van der Waals surface area contributed by atoms with Crippen LogP contribution in [-0.4, -0.2) is 25.4 Å². The van der Waals surface area contributed by atoms with Gasteiger partial charge in [-0.3, -0.25) is 0 Å². The van der Waals surface area contributed by atoms with Gasteiger partial charge < -0.3 is 10.2 Å². The van der Waals surface area contributed by atoms with Crippen molar-refractivity contribution in [1.29, 1.82) is 0 Å². The molecule has 0 radical (unpaired) electrons. The summed E-state index contributed by atoms with van der Waals surface area (Å²) in [5, 5.41) is 10.6. The summed E-state index contributed by atoms with van der Waals surface area (Å²) in [6.45, 7) is 0. The first-order chi connectivity index (χ1) is 15.2. The molecular weight excluding hydrogens is 388 g/mol. The van der Waals surface area contributed by atoms with Gasteiger partial charge >= 0.3 is 0 Å². The Labute approximate surface area is 178 Å². The van der Waals surface area contributed by atoms with Gasteiger partial charge in [-0.05, 0) is 30.4 Å². The van der Waals surface area contributed by atoms with Gasteiger partial charge in [-0.25, -0.2) is 9.97 Å². The fraction of sp³-hybridized carbons (Fsp3) is 0.167. The summed E-state index contributed by atoms with van der Waals surface area (Å²) < 4.78 is 6.23. The molecule has 7 nitrogen and oxygen atoms in total. The van der Waals surface area contributed by atoms with E-state index >= 15 is 0 Å². The number of aromatic amines is 1. The molecular formula is C24H20N6O. The first-order valence-corrected chi connectivity index (χ1v) is 10.3. The highest BCUT2D eigenvalue weighted by Crippen LogP contribution is 2.42. The number of benzene rings is 2. The lowest BCUT2D eigenvalue weighted by Gasteiger charge is -2.38. The molecule has 1 aliphatic carbocycles. The molecule has 0 aliphatic heterocycles. The Balaban J connectivity index is 1.53. The van der Waals surface area contributed by atoms with E-state index in [4.69, 9.17) is 15.1 Å². The molecule has 7 heteroatoms. The third kappa shape index (κ3) is 2.93.